The van der Waals surface area contributed by atoms with Crippen LogP contribution in [0.4, 0.5) is 0 Å². The first-order chi connectivity index (χ1) is 15.9. The maximum absolute atomic E-state index is 13.5. The van der Waals surface area contributed by atoms with Crippen LogP contribution in [-0.4, -0.2) is 82.8 Å². The van der Waals surface area contributed by atoms with Crippen LogP contribution in [0.2, 0.25) is 0 Å². The summed E-state index contributed by atoms with van der Waals surface area (Å²) in [6.07, 6.45) is 0.797. The number of carbonyl (C=O) groups is 2. The molecule has 2 aromatic heterocycles. The van der Waals surface area contributed by atoms with Crippen LogP contribution in [0.1, 0.15) is 50.5 Å². The molecule has 0 spiro atoms. The zero-order chi connectivity index (χ0) is 23.1. The number of likely N-dealkylation sites (tertiary alicyclic amines) is 1. The van der Waals surface area contributed by atoms with E-state index in [1.165, 1.54) is 0 Å². The first-order valence-electron chi connectivity index (χ1n) is 11.5. The highest BCUT2D eigenvalue weighted by atomic mass is 16.4. The van der Waals surface area contributed by atoms with E-state index < -0.39 is 0 Å². The number of para-hydroxylation sites is 1. The molecule has 1 unspecified atom stereocenters. The molecule has 8 heteroatoms. The van der Waals surface area contributed by atoms with Gasteiger partial charge in [0.25, 0.3) is 11.8 Å². The van der Waals surface area contributed by atoms with Gasteiger partial charge < -0.3 is 19.1 Å². The standard InChI is InChI=1S/C25H29N5O3/c1-16-23(33-17(2)26-16)25(32)30-9-8-18(15-30)22-14-20(19-6-4-5-7-21(19)27-22)24(31)29-12-10-28(3)11-13-29/h4-7,14,18H,8-13,15H2,1-3H3. The summed E-state index contributed by atoms with van der Waals surface area (Å²) < 4.78 is 5.54. The largest absolute Gasteiger partial charge is 0.436 e. The molecular formula is C25H29N5O3. The third kappa shape index (κ3) is 4.11. The Hall–Kier alpha value is -3.26. The zero-order valence-electron chi connectivity index (χ0n) is 19.4. The van der Waals surface area contributed by atoms with Gasteiger partial charge in [0.15, 0.2) is 5.89 Å². The minimum Gasteiger partial charge on any atom is -0.436 e. The summed E-state index contributed by atoms with van der Waals surface area (Å²) in [6.45, 7) is 7.91. The maximum Gasteiger partial charge on any atom is 0.291 e. The Labute approximate surface area is 193 Å². The van der Waals surface area contributed by atoms with E-state index in [9.17, 15) is 9.59 Å². The van der Waals surface area contributed by atoms with Crippen LogP contribution in [0.3, 0.4) is 0 Å². The van der Waals surface area contributed by atoms with Crippen LogP contribution in [0.15, 0.2) is 34.7 Å². The van der Waals surface area contributed by atoms with Crippen molar-refractivity contribution < 1.29 is 14.0 Å². The number of pyridine rings is 1. The van der Waals surface area contributed by atoms with Crippen molar-refractivity contribution in [1.82, 2.24) is 24.7 Å². The first kappa shape index (κ1) is 21.6. The van der Waals surface area contributed by atoms with Gasteiger partial charge in [-0.2, -0.15) is 0 Å². The van der Waals surface area contributed by atoms with Crippen molar-refractivity contribution in [3.8, 4) is 0 Å². The monoisotopic (exact) mass is 447 g/mol. The van der Waals surface area contributed by atoms with Crippen LogP contribution in [-0.2, 0) is 0 Å². The van der Waals surface area contributed by atoms with E-state index in [-0.39, 0.29) is 17.7 Å². The molecule has 2 aliphatic rings. The van der Waals surface area contributed by atoms with E-state index >= 15 is 0 Å². The molecule has 0 radical (unpaired) electrons. The average molecular weight is 448 g/mol. The molecule has 8 nitrogen and oxygen atoms in total. The van der Waals surface area contributed by atoms with E-state index in [1.54, 1.807) is 18.7 Å². The number of aryl methyl sites for hydroxylation is 2. The predicted octanol–water partition coefficient (Wildman–Crippen LogP) is 2.86. The molecule has 2 aliphatic heterocycles. The molecule has 2 saturated heterocycles. The SMILES string of the molecule is Cc1nc(C)c(C(=O)N2CCC(c3cc(C(=O)N4CCN(C)CC4)c4ccccc4n3)C2)o1. The Bertz CT molecular complexity index is 1210. The van der Waals surface area contributed by atoms with Crippen molar-refractivity contribution in [1.29, 1.82) is 0 Å². The topological polar surface area (TPSA) is 82.8 Å². The number of hydrogen-bond donors (Lipinski definition) is 0. The number of benzene rings is 1. The minimum absolute atomic E-state index is 0.0571. The second-order valence-corrected chi connectivity index (χ2v) is 9.09. The molecule has 172 valence electrons. The Morgan fingerprint density at radius 1 is 0.970 bits per heavy atom. The van der Waals surface area contributed by atoms with Crippen molar-refractivity contribution in [2.45, 2.75) is 26.2 Å². The first-order valence-corrected chi connectivity index (χ1v) is 11.5. The van der Waals surface area contributed by atoms with Gasteiger partial charge in [-0.1, -0.05) is 18.2 Å². The third-order valence-corrected chi connectivity index (χ3v) is 6.75. The molecule has 0 N–H and O–H groups in total. The molecule has 3 aromatic rings. The Morgan fingerprint density at radius 3 is 2.45 bits per heavy atom. The number of rotatable bonds is 3. The van der Waals surface area contributed by atoms with E-state index in [4.69, 9.17) is 9.40 Å². The Kier molecular flexibility index (Phi) is 5.62. The van der Waals surface area contributed by atoms with Gasteiger partial charge in [-0.05, 0) is 32.5 Å². The number of aromatic nitrogens is 2. The van der Waals surface area contributed by atoms with Gasteiger partial charge in [-0.3, -0.25) is 14.6 Å². The molecule has 4 heterocycles. The quantitative estimate of drug-likeness (QED) is 0.614. The highest BCUT2D eigenvalue weighted by Gasteiger charge is 2.32. The highest BCUT2D eigenvalue weighted by Crippen LogP contribution is 2.31. The van der Waals surface area contributed by atoms with E-state index in [1.807, 2.05) is 35.2 Å². The number of hydrogen-bond acceptors (Lipinski definition) is 6. The molecule has 1 aromatic carbocycles. The smallest absolute Gasteiger partial charge is 0.291 e. The van der Waals surface area contributed by atoms with E-state index in [0.717, 1.165) is 49.2 Å². The maximum atomic E-state index is 13.5. The fourth-order valence-corrected chi connectivity index (χ4v) is 4.82. The summed E-state index contributed by atoms with van der Waals surface area (Å²) in [5.41, 5.74) is 3.00. The van der Waals surface area contributed by atoms with Crippen LogP contribution in [0, 0.1) is 13.8 Å². The summed E-state index contributed by atoms with van der Waals surface area (Å²) in [7, 11) is 2.08. The molecule has 0 bridgehead atoms. The fourth-order valence-electron chi connectivity index (χ4n) is 4.82. The molecule has 33 heavy (non-hydrogen) atoms. The summed E-state index contributed by atoms with van der Waals surface area (Å²) >= 11 is 0. The fraction of sp³-hybridized carbons (Fsp3) is 0.440. The molecule has 0 saturated carbocycles. The summed E-state index contributed by atoms with van der Waals surface area (Å²) in [5, 5.41) is 0.879. The molecule has 2 amide bonds. The van der Waals surface area contributed by atoms with Crippen LogP contribution in [0.25, 0.3) is 10.9 Å². The van der Waals surface area contributed by atoms with Gasteiger partial charge in [0.05, 0.1) is 16.8 Å². The number of fused-ring (bicyclic) bond motifs is 1. The number of nitrogens with zero attached hydrogens (tertiary/aromatic N) is 5. The Balaban J connectivity index is 1.42. The molecule has 2 fully saturated rings. The van der Waals surface area contributed by atoms with Crippen molar-refractivity contribution in [2.24, 2.45) is 0 Å². The van der Waals surface area contributed by atoms with Gasteiger partial charge in [0, 0.05) is 63.2 Å². The summed E-state index contributed by atoms with van der Waals surface area (Å²) in [4.78, 5) is 41.6. The number of oxazole rings is 1. The number of piperazine rings is 1. The predicted molar refractivity (Wildman–Crippen MR) is 124 cm³/mol. The zero-order valence-corrected chi connectivity index (χ0v) is 19.4. The second kappa shape index (κ2) is 8.59. The Morgan fingerprint density at radius 2 is 1.73 bits per heavy atom. The van der Waals surface area contributed by atoms with Crippen molar-refractivity contribution >= 4 is 22.7 Å². The molecule has 5 rings (SSSR count). The lowest BCUT2D eigenvalue weighted by Crippen LogP contribution is -2.47. The average Bonchev–Trinajstić information content (AvgIpc) is 3.44. The lowest BCUT2D eigenvalue weighted by Gasteiger charge is -2.32. The van der Waals surface area contributed by atoms with Crippen LogP contribution in [0.5, 0.6) is 0 Å². The van der Waals surface area contributed by atoms with E-state index in [0.29, 0.717) is 36.0 Å². The summed E-state index contributed by atoms with van der Waals surface area (Å²) in [5.74, 6) is 0.800. The van der Waals surface area contributed by atoms with Gasteiger partial charge in [-0.25, -0.2) is 4.98 Å². The minimum atomic E-state index is -0.134. The van der Waals surface area contributed by atoms with E-state index in [2.05, 4.69) is 16.9 Å². The van der Waals surface area contributed by atoms with Gasteiger partial charge in [0.2, 0.25) is 5.76 Å². The normalized spacial score (nSPS) is 19.4. The highest BCUT2D eigenvalue weighted by molar-refractivity contribution is 6.06. The molecule has 1 atom stereocenters. The summed E-state index contributed by atoms with van der Waals surface area (Å²) in [6, 6.07) is 9.77. The van der Waals surface area contributed by atoms with Crippen LogP contribution < -0.4 is 0 Å². The molecular weight excluding hydrogens is 418 g/mol. The second-order valence-electron chi connectivity index (χ2n) is 9.09. The number of amides is 2. The number of likely N-dealkylation sites (N-methyl/N-ethyl adjacent to an activating group) is 1. The van der Waals surface area contributed by atoms with Crippen molar-refractivity contribution in [2.75, 3.05) is 46.3 Å². The third-order valence-electron chi connectivity index (χ3n) is 6.75. The van der Waals surface area contributed by atoms with Gasteiger partial charge in [0.1, 0.15) is 0 Å². The molecule has 0 aliphatic carbocycles. The van der Waals surface area contributed by atoms with Crippen molar-refractivity contribution in [3.05, 3.63) is 58.9 Å². The van der Waals surface area contributed by atoms with Crippen LogP contribution >= 0.6 is 0 Å². The lowest BCUT2D eigenvalue weighted by molar-refractivity contribution is 0.0665. The van der Waals surface area contributed by atoms with Crippen molar-refractivity contribution in [3.63, 3.8) is 0 Å². The number of carbonyl (C=O) groups excluding carboxylic acids is 2. The van der Waals surface area contributed by atoms with Gasteiger partial charge >= 0.3 is 0 Å². The van der Waals surface area contributed by atoms with Gasteiger partial charge in [-0.15, -0.1) is 0 Å². The lowest BCUT2D eigenvalue weighted by atomic mass is 9.98.